The molecular weight excluding hydrogens is 312 g/mol. The van der Waals surface area contributed by atoms with E-state index >= 15 is 0 Å². The van der Waals surface area contributed by atoms with Crippen LogP contribution in [0.15, 0.2) is 0 Å². The second-order valence-electron chi connectivity index (χ2n) is 10.3. The third-order valence-electron chi connectivity index (χ3n) is 8.06. The second kappa shape index (κ2) is 12.5. The van der Waals surface area contributed by atoms with Gasteiger partial charge in [0.05, 0.1) is 0 Å². The largest absolute Gasteiger partial charge is 0.0530 e. The highest BCUT2D eigenvalue weighted by Crippen LogP contribution is 2.35. The maximum Gasteiger partial charge on any atom is -0.0355 e. The Morgan fingerprint density at radius 3 is 1.65 bits per heavy atom. The molecule has 0 aromatic carbocycles. The van der Waals surface area contributed by atoms with Gasteiger partial charge in [-0.2, -0.15) is 0 Å². The number of hydrogen-bond acceptors (Lipinski definition) is 0. The molecule has 0 aromatic rings. The molecule has 0 aromatic heterocycles. The first-order chi connectivity index (χ1) is 12.9. The number of hydrogen-bond donors (Lipinski definition) is 0. The molecule has 26 heavy (non-hydrogen) atoms. The molecule has 151 valence electrons. The van der Waals surface area contributed by atoms with Crippen molar-refractivity contribution >= 4 is 0 Å². The summed E-state index contributed by atoms with van der Waals surface area (Å²) < 4.78 is 0. The van der Waals surface area contributed by atoms with Gasteiger partial charge < -0.3 is 0 Å². The van der Waals surface area contributed by atoms with Crippen LogP contribution in [0, 0.1) is 30.1 Å². The molecule has 0 bridgehead atoms. The molecule has 1 atom stereocenters. The minimum absolute atomic E-state index is 0.952. The Kier molecular flexibility index (Phi) is 9.93. The fraction of sp³-hybridized carbons (Fsp3) is 0.962. The average Bonchev–Trinajstić information content (AvgIpc) is 3.41. The van der Waals surface area contributed by atoms with E-state index in [1.54, 1.807) is 12.8 Å². The Balaban J connectivity index is 1.26. The molecule has 0 N–H and O–H groups in total. The van der Waals surface area contributed by atoms with Gasteiger partial charge in [0.1, 0.15) is 0 Å². The number of rotatable bonds is 13. The van der Waals surface area contributed by atoms with E-state index in [9.17, 15) is 0 Å². The monoisotopic (exact) mass is 359 g/mol. The van der Waals surface area contributed by atoms with Crippen molar-refractivity contribution in [2.45, 2.75) is 135 Å². The van der Waals surface area contributed by atoms with Crippen molar-refractivity contribution in [1.29, 1.82) is 0 Å². The zero-order valence-corrected chi connectivity index (χ0v) is 17.7. The third kappa shape index (κ3) is 7.93. The van der Waals surface area contributed by atoms with Crippen LogP contribution in [0.4, 0.5) is 0 Å². The highest BCUT2D eigenvalue weighted by Gasteiger charge is 2.21. The van der Waals surface area contributed by atoms with Crippen molar-refractivity contribution in [3.8, 4) is 0 Å². The Hall–Kier alpha value is 0. The Labute approximate surface area is 165 Å². The van der Waals surface area contributed by atoms with Gasteiger partial charge in [0.15, 0.2) is 0 Å². The maximum absolute atomic E-state index is 2.78. The van der Waals surface area contributed by atoms with Crippen molar-refractivity contribution < 1.29 is 0 Å². The normalized spacial score (nSPS) is 24.0. The van der Waals surface area contributed by atoms with E-state index in [-0.39, 0.29) is 0 Å². The molecule has 0 nitrogen and oxygen atoms in total. The molecule has 3 rings (SSSR count). The summed E-state index contributed by atoms with van der Waals surface area (Å²) in [6.07, 6.45) is 34.6. The molecule has 3 saturated carbocycles. The van der Waals surface area contributed by atoms with Crippen LogP contribution in [0.3, 0.4) is 0 Å². The van der Waals surface area contributed by atoms with Crippen LogP contribution >= 0.6 is 0 Å². The lowest BCUT2D eigenvalue weighted by Gasteiger charge is -2.21. The molecule has 0 heteroatoms. The zero-order chi connectivity index (χ0) is 17.9. The fourth-order valence-electron chi connectivity index (χ4n) is 6.37. The van der Waals surface area contributed by atoms with E-state index in [1.165, 1.54) is 122 Å². The minimum atomic E-state index is 0.952. The van der Waals surface area contributed by atoms with Gasteiger partial charge in [0.25, 0.3) is 0 Å². The Morgan fingerprint density at radius 1 is 0.577 bits per heavy atom. The highest BCUT2D eigenvalue weighted by atomic mass is 14.3. The van der Waals surface area contributed by atoms with E-state index in [0.29, 0.717) is 0 Å². The molecule has 1 unspecified atom stereocenters. The first kappa shape index (κ1) is 20.7. The van der Waals surface area contributed by atoms with E-state index in [1.807, 2.05) is 0 Å². The van der Waals surface area contributed by atoms with Crippen molar-refractivity contribution in [2.24, 2.45) is 23.7 Å². The zero-order valence-electron chi connectivity index (χ0n) is 17.7. The third-order valence-corrected chi connectivity index (χ3v) is 8.06. The van der Waals surface area contributed by atoms with Gasteiger partial charge in [0.2, 0.25) is 0 Å². The number of unbranched alkanes of at least 4 members (excludes halogenated alkanes) is 3. The summed E-state index contributed by atoms with van der Waals surface area (Å²) in [5.41, 5.74) is 0. The van der Waals surface area contributed by atoms with Crippen LogP contribution in [-0.2, 0) is 0 Å². The van der Waals surface area contributed by atoms with Gasteiger partial charge in [-0.1, -0.05) is 122 Å². The van der Waals surface area contributed by atoms with Gasteiger partial charge in [0, 0.05) is 0 Å². The maximum atomic E-state index is 2.78. The highest BCUT2D eigenvalue weighted by molar-refractivity contribution is 4.81. The summed E-state index contributed by atoms with van der Waals surface area (Å²) >= 11 is 0. The molecule has 0 saturated heterocycles. The summed E-state index contributed by atoms with van der Waals surface area (Å²) in [5, 5.41) is 0. The first-order valence-corrected chi connectivity index (χ1v) is 12.7. The minimum Gasteiger partial charge on any atom is -0.0530 e. The molecule has 0 amide bonds. The van der Waals surface area contributed by atoms with E-state index in [0.717, 1.165) is 23.7 Å². The predicted octanol–water partition coefficient (Wildman–Crippen LogP) is 8.89. The summed E-state index contributed by atoms with van der Waals surface area (Å²) in [7, 11) is 0. The molecule has 3 fully saturated rings. The van der Waals surface area contributed by atoms with Crippen LogP contribution in [0.25, 0.3) is 0 Å². The van der Waals surface area contributed by atoms with Gasteiger partial charge in [-0.15, -0.1) is 0 Å². The van der Waals surface area contributed by atoms with E-state index in [4.69, 9.17) is 0 Å². The smallest absolute Gasteiger partial charge is 0.0355 e. The Morgan fingerprint density at radius 2 is 1.08 bits per heavy atom. The standard InChI is InChI=1S/C26H47/c1(2-12-23-13-4-5-14-23)3-18-25(22-26-20-10-11-21-26)19-9-8-17-24-15-6-7-16-24/h18,23-26H,1-17,19-22H2. The molecule has 0 aliphatic heterocycles. The molecule has 0 heterocycles. The average molecular weight is 360 g/mol. The SMILES string of the molecule is [CH](CCCCC1CCCC1)C(CCCCC1CCCC1)CC1CCCC1. The summed E-state index contributed by atoms with van der Waals surface area (Å²) in [6, 6.07) is 0. The van der Waals surface area contributed by atoms with E-state index in [2.05, 4.69) is 6.42 Å². The fourth-order valence-corrected chi connectivity index (χ4v) is 6.37. The van der Waals surface area contributed by atoms with Crippen LogP contribution in [-0.4, -0.2) is 0 Å². The van der Waals surface area contributed by atoms with Crippen LogP contribution in [0.5, 0.6) is 0 Å². The summed E-state index contributed by atoms with van der Waals surface area (Å²) in [6.45, 7) is 0. The van der Waals surface area contributed by atoms with Crippen LogP contribution in [0.2, 0.25) is 0 Å². The molecule has 3 aliphatic rings. The first-order valence-electron chi connectivity index (χ1n) is 12.7. The lowest BCUT2D eigenvalue weighted by atomic mass is 9.85. The quantitative estimate of drug-likeness (QED) is 0.288. The van der Waals surface area contributed by atoms with Crippen molar-refractivity contribution in [2.75, 3.05) is 0 Å². The van der Waals surface area contributed by atoms with Gasteiger partial charge in [-0.05, 0) is 42.9 Å². The van der Waals surface area contributed by atoms with Crippen LogP contribution < -0.4 is 0 Å². The molecule has 0 spiro atoms. The van der Waals surface area contributed by atoms with Gasteiger partial charge >= 0.3 is 0 Å². The molecule has 3 aliphatic carbocycles. The van der Waals surface area contributed by atoms with Gasteiger partial charge in [-0.3, -0.25) is 0 Å². The topological polar surface area (TPSA) is 0 Å². The van der Waals surface area contributed by atoms with Gasteiger partial charge in [-0.25, -0.2) is 0 Å². The van der Waals surface area contributed by atoms with Crippen molar-refractivity contribution in [3.63, 3.8) is 0 Å². The van der Waals surface area contributed by atoms with Crippen LogP contribution in [0.1, 0.15) is 135 Å². The summed E-state index contributed by atoms with van der Waals surface area (Å²) in [5.74, 6) is 4.22. The second-order valence-corrected chi connectivity index (χ2v) is 10.3. The van der Waals surface area contributed by atoms with E-state index < -0.39 is 0 Å². The molecular formula is C26H47. The predicted molar refractivity (Wildman–Crippen MR) is 115 cm³/mol. The molecule has 1 radical (unpaired) electrons. The lowest BCUT2D eigenvalue weighted by molar-refractivity contribution is 0.362. The lowest BCUT2D eigenvalue weighted by Crippen LogP contribution is -2.08. The Bertz CT molecular complexity index is 328. The van der Waals surface area contributed by atoms with Crippen molar-refractivity contribution in [3.05, 3.63) is 6.42 Å². The summed E-state index contributed by atoms with van der Waals surface area (Å²) in [4.78, 5) is 0. The van der Waals surface area contributed by atoms with Crippen molar-refractivity contribution in [1.82, 2.24) is 0 Å².